The van der Waals surface area contributed by atoms with Crippen LogP contribution >= 0.6 is 0 Å². The van der Waals surface area contributed by atoms with E-state index >= 15 is 0 Å². The second-order valence-corrected chi connectivity index (χ2v) is 4.08. The molecule has 0 N–H and O–H groups in total. The number of aliphatic imine (C=N–C) groups is 1. The van der Waals surface area contributed by atoms with E-state index in [1.165, 1.54) is 5.71 Å². The highest BCUT2D eigenvalue weighted by Gasteiger charge is 2.28. The summed E-state index contributed by atoms with van der Waals surface area (Å²) in [4.78, 5) is 4.44. The molecule has 1 heteroatoms. The minimum absolute atomic E-state index is 0.288. The summed E-state index contributed by atoms with van der Waals surface area (Å²) < 4.78 is 0. The molecule has 1 nitrogen and oxygen atoms in total. The Kier molecular flexibility index (Phi) is 1.91. The summed E-state index contributed by atoms with van der Waals surface area (Å²) in [5.41, 5.74) is 2.70. The monoisotopic (exact) mass is 151 g/mol. The summed E-state index contributed by atoms with van der Waals surface area (Å²) >= 11 is 0. The minimum Gasteiger partial charge on any atom is -0.263 e. The van der Waals surface area contributed by atoms with Gasteiger partial charge < -0.3 is 0 Å². The Balaban J connectivity index is 3.01. The molecule has 0 saturated carbocycles. The van der Waals surface area contributed by atoms with Crippen LogP contribution in [0.15, 0.2) is 16.8 Å². The van der Waals surface area contributed by atoms with E-state index in [1.54, 1.807) is 0 Å². The van der Waals surface area contributed by atoms with Crippen molar-refractivity contribution in [1.29, 1.82) is 0 Å². The molecule has 1 heterocycles. The fourth-order valence-corrected chi connectivity index (χ4v) is 1.61. The van der Waals surface area contributed by atoms with Crippen LogP contribution in [0.1, 0.15) is 34.6 Å². The first kappa shape index (κ1) is 8.51. The van der Waals surface area contributed by atoms with Gasteiger partial charge in [-0.05, 0) is 19.3 Å². The van der Waals surface area contributed by atoms with Gasteiger partial charge in [0.25, 0.3) is 0 Å². The van der Waals surface area contributed by atoms with Crippen molar-refractivity contribution in [2.45, 2.75) is 34.6 Å². The average molecular weight is 151 g/mol. The van der Waals surface area contributed by atoms with Gasteiger partial charge in [-0.3, -0.25) is 4.99 Å². The molecule has 0 spiro atoms. The van der Waals surface area contributed by atoms with Crippen molar-refractivity contribution in [3.05, 3.63) is 11.8 Å². The molecule has 0 amide bonds. The largest absolute Gasteiger partial charge is 0.263 e. The van der Waals surface area contributed by atoms with Crippen molar-refractivity contribution in [2.24, 2.45) is 16.3 Å². The third-order valence-corrected chi connectivity index (χ3v) is 2.68. The fourth-order valence-electron chi connectivity index (χ4n) is 1.61. The first-order chi connectivity index (χ1) is 4.93. The van der Waals surface area contributed by atoms with Gasteiger partial charge in [-0.15, -0.1) is 0 Å². The zero-order chi connectivity index (χ0) is 8.65. The number of allylic oxidation sites excluding steroid dienone is 2. The maximum atomic E-state index is 4.44. The van der Waals surface area contributed by atoms with Gasteiger partial charge in [0.2, 0.25) is 0 Å². The van der Waals surface area contributed by atoms with Crippen molar-refractivity contribution in [3.63, 3.8) is 0 Å². The van der Waals surface area contributed by atoms with E-state index in [0.29, 0.717) is 5.92 Å². The Morgan fingerprint density at radius 2 is 1.91 bits per heavy atom. The van der Waals surface area contributed by atoms with E-state index in [0.717, 1.165) is 5.70 Å². The van der Waals surface area contributed by atoms with E-state index in [-0.39, 0.29) is 5.41 Å². The quantitative estimate of drug-likeness (QED) is 0.504. The van der Waals surface area contributed by atoms with Crippen molar-refractivity contribution in [3.8, 4) is 0 Å². The van der Waals surface area contributed by atoms with Crippen molar-refractivity contribution in [2.75, 3.05) is 0 Å². The maximum absolute atomic E-state index is 4.44. The van der Waals surface area contributed by atoms with Crippen LogP contribution in [0, 0.1) is 11.3 Å². The lowest BCUT2D eigenvalue weighted by Crippen LogP contribution is -2.28. The van der Waals surface area contributed by atoms with E-state index in [2.05, 4.69) is 45.7 Å². The normalized spacial score (nSPS) is 29.4. The highest BCUT2D eigenvalue weighted by atomic mass is 14.8. The molecule has 0 bridgehead atoms. The Bertz CT molecular complexity index is 221. The van der Waals surface area contributed by atoms with Crippen molar-refractivity contribution >= 4 is 5.71 Å². The molecule has 0 aromatic carbocycles. The number of hydrogen-bond acceptors (Lipinski definition) is 1. The molecule has 62 valence electrons. The molecule has 0 fully saturated rings. The summed E-state index contributed by atoms with van der Waals surface area (Å²) in [5.74, 6) is 0.575. The van der Waals surface area contributed by atoms with Gasteiger partial charge in [0.1, 0.15) is 0 Å². The van der Waals surface area contributed by atoms with E-state index in [1.807, 2.05) is 0 Å². The molecular formula is C10H17N. The molecule has 0 radical (unpaired) electrons. The summed E-state index contributed by atoms with van der Waals surface area (Å²) in [5, 5.41) is 0. The highest BCUT2D eigenvalue weighted by Crippen LogP contribution is 2.34. The smallest absolute Gasteiger partial charge is 0.0337 e. The van der Waals surface area contributed by atoms with Crippen LogP contribution in [-0.4, -0.2) is 5.71 Å². The lowest BCUT2D eigenvalue weighted by molar-refractivity contribution is 0.379. The highest BCUT2D eigenvalue weighted by molar-refractivity contribution is 5.86. The Labute approximate surface area is 69.2 Å². The van der Waals surface area contributed by atoms with Crippen LogP contribution in [0.3, 0.4) is 0 Å². The zero-order valence-electron chi connectivity index (χ0n) is 8.10. The Hall–Kier alpha value is -0.590. The fraction of sp³-hybridized carbons (Fsp3) is 0.700. The molecule has 1 unspecified atom stereocenters. The Morgan fingerprint density at radius 1 is 1.36 bits per heavy atom. The van der Waals surface area contributed by atoms with Gasteiger partial charge >= 0.3 is 0 Å². The molecule has 0 saturated heterocycles. The lowest BCUT2D eigenvalue weighted by Gasteiger charge is -2.32. The number of hydrogen-bond donors (Lipinski definition) is 0. The summed E-state index contributed by atoms with van der Waals surface area (Å²) in [7, 11) is 0. The molecule has 1 atom stereocenters. The molecule has 1 aliphatic heterocycles. The van der Waals surface area contributed by atoms with Gasteiger partial charge in [0, 0.05) is 17.3 Å². The van der Waals surface area contributed by atoms with Gasteiger partial charge in [-0.2, -0.15) is 0 Å². The van der Waals surface area contributed by atoms with Gasteiger partial charge in [-0.25, -0.2) is 0 Å². The van der Waals surface area contributed by atoms with Crippen molar-refractivity contribution in [1.82, 2.24) is 0 Å². The van der Waals surface area contributed by atoms with E-state index in [9.17, 15) is 0 Å². The van der Waals surface area contributed by atoms with Gasteiger partial charge in [0.15, 0.2) is 0 Å². The van der Waals surface area contributed by atoms with Crippen LogP contribution in [0.4, 0.5) is 0 Å². The van der Waals surface area contributed by atoms with Crippen LogP contribution < -0.4 is 0 Å². The standard InChI is InChI=1S/C10H17N/c1-7-6-10(4,5)8(2)9(3)11-7/h6,8H,1-5H3. The van der Waals surface area contributed by atoms with Gasteiger partial charge in [0.05, 0.1) is 0 Å². The number of rotatable bonds is 0. The predicted octanol–water partition coefficient (Wildman–Crippen LogP) is 3.03. The summed E-state index contributed by atoms with van der Waals surface area (Å²) in [6.07, 6.45) is 2.25. The SMILES string of the molecule is CC1=CC(C)(C)C(C)C(C)=N1. The minimum atomic E-state index is 0.288. The second kappa shape index (κ2) is 2.47. The lowest BCUT2D eigenvalue weighted by atomic mass is 9.75. The van der Waals surface area contributed by atoms with E-state index < -0.39 is 0 Å². The molecule has 11 heavy (non-hydrogen) atoms. The molecule has 1 aliphatic rings. The van der Waals surface area contributed by atoms with Crippen molar-refractivity contribution < 1.29 is 0 Å². The average Bonchev–Trinajstić information content (AvgIpc) is 1.81. The molecule has 0 aromatic heterocycles. The maximum Gasteiger partial charge on any atom is 0.0337 e. The van der Waals surface area contributed by atoms with Gasteiger partial charge in [-0.1, -0.05) is 26.8 Å². The van der Waals surface area contributed by atoms with Crippen LogP contribution in [-0.2, 0) is 0 Å². The third kappa shape index (κ3) is 1.52. The molecule has 1 rings (SSSR count). The van der Waals surface area contributed by atoms with Crippen LogP contribution in [0.25, 0.3) is 0 Å². The first-order valence-electron chi connectivity index (χ1n) is 4.18. The zero-order valence-corrected chi connectivity index (χ0v) is 8.10. The Morgan fingerprint density at radius 3 is 2.36 bits per heavy atom. The van der Waals surface area contributed by atoms with E-state index in [4.69, 9.17) is 0 Å². The predicted molar refractivity (Wildman–Crippen MR) is 49.8 cm³/mol. The van der Waals surface area contributed by atoms with Crippen LogP contribution in [0.5, 0.6) is 0 Å². The third-order valence-electron chi connectivity index (χ3n) is 2.68. The second-order valence-electron chi connectivity index (χ2n) is 4.08. The molecular weight excluding hydrogens is 134 g/mol. The summed E-state index contributed by atoms with van der Waals surface area (Å²) in [6, 6.07) is 0. The molecule has 0 aliphatic carbocycles. The number of nitrogens with zero attached hydrogens (tertiary/aromatic N) is 1. The van der Waals surface area contributed by atoms with Crippen LogP contribution in [0.2, 0.25) is 0 Å². The molecule has 0 aromatic rings. The summed E-state index contributed by atoms with van der Waals surface area (Å²) in [6.45, 7) is 10.9. The topological polar surface area (TPSA) is 12.4 Å². The first-order valence-corrected chi connectivity index (χ1v) is 4.18.